The normalized spacial score (nSPS) is 10.0. The minimum absolute atomic E-state index is 0.289. The van der Waals surface area contributed by atoms with Crippen molar-refractivity contribution >= 4 is 11.8 Å². The van der Waals surface area contributed by atoms with E-state index >= 15 is 0 Å². The molecular weight excluding hydrogens is 245 g/mol. The fourth-order valence-electron chi connectivity index (χ4n) is 1.62. The number of rotatable bonds is 3. The molecule has 2 rings (SSSR count). The van der Waals surface area contributed by atoms with E-state index in [-0.39, 0.29) is 11.8 Å². The first-order chi connectivity index (χ1) is 9.15. The van der Waals surface area contributed by atoms with E-state index in [0.717, 1.165) is 5.56 Å². The number of urea groups is 1. The number of pyridine rings is 1. The molecule has 0 aliphatic rings. The van der Waals surface area contributed by atoms with Crippen LogP contribution in [-0.2, 0) is 6.54 Å². The van der Waals surface area contributed by atoms with Gasteiger partial charge >= 0.3 is 6.03 Å². The maximum Gasteiger partial charge on any atom is 0.323 e. The van der Waals surface area contributed by atoms with Crippen molar-refractivity contribution in [2.75, 3.05) is 12.4 Å². The molecule has 0 aliphatic heterocycles. The third kappa shape index (κ3) is 3.77. The lowest BCUT2D eigenvalue weighted by Gasteiger charge is -2.17. The highest BCUT2D eigenvalue weighted by Gasteiger charge is 2.09. The fraction of sp³-hybridized carbons (Fsp3) is 0.143. The van der Waals surface area contributed by atoms with Gasteiger partial charge in [-0.15, -0.1) is 0 Å². The molecular formula is C14H14FN3O. The van der Waals surface area contributed by atoms with Gasteiger partial charge in [-0.2, -0.15) is 0 Å². The Hall–Kier alpha value is -2.43. The van der Waals surface area contributed by atoms with E-state index in [1.165, 1.54) is 17.0 Å². The lowest BCUT2D eigenvalue weighted by atomic mass is 10.2. The van der Waals surface area contributed by atoms with E-state index in [2.05, 4.69) is 10.3 Å². The van der Waals surface area contributed by atoms with Crippen LogP contribution in [0.1, 0.15) is 5.56 Å². The first kappa shape index (κ1) is 13.0. The molecule has 0 fully saturated rings. The predicted molar refractivity (Wildman–Crippen MR) is 71.1 cm³/mol. The highest BCUT2D eigenvalue weighted by atomic mass is 19.1. The number of benzene rings is 1. The highest BCUT2D eigenvalue weighted by molar-refractivity contribution is 5.87. The molecule has 5 heteroatoms. The molecule has 0 spiro atoms. The van der Waals surface area contributed by atoms with Crippen LogP contribution in [0.4, 0.5) is 15.0 Å². The number of nitrogens with one attached hydrogen (secondary N) is 1. The van der Waals surface area contributed by atoms with Crippen molar-refractivity contribution in [2.45, 2.75) is 6.54 Å². The van der Waals surface area contributed by atoms with Crippen LogP contribution in [0, 0.1) is 5.82 Å². The van der Waals surface area contributed by atoms with Crippen LogP contribution < -0.4 is 5.32 Å². The zero-order valence-corrected chi connectivity index (χ0v) is 10.5. The van der Waals surface area contributed by atoms with Crippen LogP contribution in [0.3, 0.4) is 0 Å². The molecule has 0 saturated heterocycles. The van der Waals surface area contributed by atoms with E-state index in [4.69, 9.17) is 0 Å². The van der Waals surface area contributed by atoms with Crippen LogP contribution in [-0.4, -0.2) is 23.0 Å². The summed E-state index contributed by atoms with van der Waals surface area (Å²) in [6.45, 7) is 0.330. The summed E-state index contributed by atoms with van der Waals surface area (Å²) in [5.74, 6) is 0.176. The van der Waals surface area contributed by atoms with Gasteiger partial charge in [-0.25, -0.2) is 14.2 Å². The van der Waals surface area contributed by atoms with E-state index < -0.39 is 0 Å². The summed E-state index contributed by atoms with van der Waals surface area (Å²) in [6, 6.07) is 11.1. The first-order valence-electron chi connectivity index (χ1n) is 5.83. The summed E-state index contributed by atoms with van der Waals surface area (Å²) >= 11 is 0. The molecule has 1 aromatic carbocycles. The van der Waals surface area contributed by atoms with Gasteiger partial charge in [0.25, 0.3) is 0 Å². The predicted octanol–water partition coefficient (Wildman–Crippen LogP) is 2.88. The Morgan fingerprint density at radius 1 is 1.32 bits per heavy atom. The molecule has 19 heavy (non-hydrogen) atoms. The van der Waals surface area contributed by atoms with Crippen LogP contribution in [0.15, 0.2) is 48.7 Å². The van der Waals surface area contributed by atoms with Gasteiger partial charge in [-0.3, -0.25) is 5.32 Å². The lowest BCUT2D eigenvalue weighted by molar-refractivity contribution is 0.220. The van der Waals surface area contributed by atoms with Crippen molar-refractivity contribution in [2.24, 2.45) is 0 Å². The van der Waals surface area contributed by atoms with Gasteiger partial charge in [-0.1, -0.05) is 18.2 Å². The molecule has 1 N–H and O–H groups in total. The fourth-order valence-corrected chi connectivity index (χ4v) is 1.62. The van der Waals surface area contributed by atoms with Gasteiger partial charge in [0.15, 0.2) is 0 Å². The third-order valence-corrected chi connectivity index (χ3v) is 2.56. The number of amides is 2. The largest absolute Gasteiger partial charge is 0.323 e. The lowest BCUT2D eigenvalue weighted by Crippen LogP contribution is -2.31. The number of nitrogens with zero attached hydrogens (tertiary/aromatic N) is 2. The average molecular weight is 259 g/mol. The van der Waals surface area contributed by atoms with Crippen LogP contribution in [0.5, 0.6) is 0 Å². The van der Waals surface area contributed by atoms with Gasteiger partial charge < -0.3 is 4.90 Å². The maximum absolute atomic E-state index is 13.0. The molecule has 0 atom stereocenters. The SMILES string of the molecule is CN(Cc1cccc(F)c1)C(=O)Nc1ccccn1. The van der Waals surface area contributed by atoms with E-state index in [1.807, 2.05) is 0 Å². The minimum Gasteiger partial charge on any atom is -0.323 e. The maximum atomic E-state index is 13.0. The average Bonchev–Trinajstić information content (AvgIpc) is 2.40. The van der Waals surface area contributed by atoms with Crippen molar-refractivity contribution in [3.8, 4) is 0 Å². The zero-order chi connectivity index (χ0) is 13.7. The highest BCUT2D eigenvalue weighted by Crippen LogP contribution is 2.08. The summed E-state index contributed by atoms with van der Waals surface area (Å²) in [4.78, 5) is 17.3. The minimum atomic E-state index is -0.309. The molecule has 98 valence electrons. The Bertz CT molecular complexity index is 560. The number of carbonyl (C=O) groups is 1. The van der Waals surface area contributed by atoms with Gasteiger partial charge in [0.2, 0.25) is 0 Å². The number of anilines is 1. The molecule has 2 aromatic rings. The Kier molecular flexibility index (Phi) is 4.07. The molecule has 0 bridgehead atoms. The molecule has 0 unspecified atom stereocenters. The van der Waals surface area contributed by atoms with Gasteiger partial charge in [-0.05, 0) is 29.8 Å². The molecule has 2 amide bonds. The first-order valence-corrected chi connectivity index (χ1v) is 5.83. The second-order valence-corrected chi connectivity index (χ2v) is 4.13. The van der Waals surface area contributed by atoms with E-state index in [1.54, 1.807) is 43.6 Å². The quantitative estimate of drug-likeness (QED) is 0.921. The van der Waals surface area contributed by atoms with Crippen molar-refractivity contribution in [1.29, 1.82) is 0 Å². The van der Waals surface area contributed by atoms with Crippen molar-refractivity contribution in [1.82, 2.24) is 9.88 Å². The summed E-state index contributed by atoms with van der Waals surface area (Å²) in [7, 11) is 1.64. The second-order valence-electron chi connectivity index (χ2n) is 4.13. The standard InChI is InChI=1S/C14H14FN3O/c1-18(10-11-5-4-6-12(15)9-11)14(19)17-13-7-2-3-8-16-13/h2-9H,10H2,1H3,(H,16,17,19). The monoisotopic (exact) mass is 259 g/mol. The third-order valence-electron chi connectivity index (χ3n) is 2.56. The molecule has 0 radical (unpaired) electrons. The number of aromatic nitrogens is 1. The molecule has 4 nitrogen and oxygen atoms in total. The van der Waals surface area contributed by atoms with Crippen molar-refractivity contribution in [3.63, 3.8) is 0 Å². The molecule has 0 saturated carbocycles. The second kappa shape index (κ2) is 5.95. The Morgan fingerprint density at radius 2 is 2.16 bits per heavy atom. The molecule has 0 aliphatic carbocycles. The van der Waals surface area contributed by atoms with Gasteiger partial charge in [0.05, 0.1) is 0 Å². The van der Waals surface area contributed by atoms with E-state index in [9.17, 15) is 9.18 Å². The molecule has 1 aromatic heterocycles. The number of carbonyl (C=O) groups excluding carboxylic acids is 1. The van der Waals surface area contributed by atoms with Crippen LogP contribution in [0.2, 0.25) is 0 Å². The Morgan fingerprint density at radius 3 is 2.84 bits per heavy atom. The summed E-state index contributed by atoms with van der Waals surface area (Å²) < 4.78 is 13.0. The Labute approximate surface area is 110 Å². The van der Waals surface area contributed by atoms with E-state index in [0.29, 0.717) is 12.4 Å². The topological polar surface area (TPSA) is 45.2 Å². The zero-order valence-electron chi connectivity index (χ0n) is 10.5. The van der Waals surface area contributed by atoms with Crippen LogP contribution >= 0.6 is 0 Å². The van der Waals surface area contributed by atoms with Crippen molar-refractivity contribution < 1.29 is 9.18 Å². The smallest absolute Gasteiger partial charge is 0.323 e. The molecule has 1 heterocycles. The van der Waals surface area contributed by atoms with Crippen LogP contribution in [0.25, 0.3) is 0 Å². The summed E-state index contributed by atoms with van der Waals surface area (Å²) in [6.07, 6.45) is 1.60. The van der Waals surface area contributed by atoms with Gasteiger partial charge in [0.1, 0.15) is 11.6 Å². The summed E-state index contributed by atoms with van der Waals surface area (Å²) in [5, 5.41) is 2.66. The van der Waals surface area contributed by atoms with Crippen molar-refractivity contribution in [3.05, 3.63) is 60.0 Å². The van der Waals surface area contributed by atoms with Gasteiger partial charge in [0, 0.05) is 19.8 Å². The number of hydrogen-bond acceptors (Lipinski definition) is 2. The Balaban J connectivity index is 1.96. The summed E-state index contributed by atoms with van der Waals surface area (Å²) in [5.41, 5.74) is 0.735. The number of halogens is 1. The number of hydrogen-bond donors (Lipinski definition) is 1.